The minimum Gasteiger partial charge on any atom is -0.508 e. The smallest absolute Gasteiger partial charge is 0.416 e. The predicted octanol–water partition coefficient (Wildman–Crippen LogP) is 4.67. The second-order valence-corrected chi connectivity index (χ2v) is 10.1. The summed E-state index contributed by atoms with van der Waals surface area (Å²) in [5, 5.41) is 21.3. The maximum atomic E-state index is 13.6. The molecule has 2 saturated heterocycles. The van der Waals surface area contributed by atoms with Crippen molar-refractivity contribution < 1.29 is 55.6 Å². The first-order valence-corrected chi connectivity index (χ1v) is 12.0. The molecule has 39 heavy (non-hydrogen) atoms. The van der Waals surface area contributed by atoms with Gasteiger partial charge in [-0.1, -0.05) is 12.1 Å². The standard InChI is InChI=1S/C26H23F6NO6/c1-38-11-15-9-18-21(19-10-20(39-24(15,19)37)12-2-4-17(34)5-3-12)23(36)33(22(18)35)16-7-13(25(27,28)29)6-14(8-16)26(30,31)32/h2-8,15,18-21,34,37H,9-11H2,1H3/t15-,18+,19+,20+,21+,24-/m1/s1. The van der Waals surface area contributed by atoms with Gasteiger partial charge in [-0.2, -0.15) is 26.3 Å². The van der Waals surface area contributed by atoms with E-state index in [0.717, 1.165) is 0 Å². The lowest BCUT2D eigenvalue weighted by atomic mass is 9.64. The van der Waals surface area contributed by atoms with Gasteiger partial charge in [0.2, 0.25) is 11.8 Å². The second kappa shape index (κ2) is 9.20. The first kappa shape index (κ1) is 27.4. The number of hydrogen-bond donors (Lipinski definition) is 2. The summed E-state index contributed by atoms with van der Waals surface area (Å²) in [5.41, 5.74) is -3.60. The van der Waals surface area contributed by atoms with Gasteiger partial charge in [0.25, 0.3) is 0 Å². The Morgan fingerprint density at radius 2 is 1.56 bits per heavy atom. The first-order chi connectivity index (χ1) is 18.1. The van der Waals surface area contributed by atoms with Gasteiger partial charge in [-0.3, -0.25) is 14.5 Å². The van der Waals surface area contributed by atoms with E-state index in [1.807, 2.05) is 0 Å². The number of fused-ring (bicyclic) bond motifs is 3. The number of phenols is 1. The van der Waals surface area contributed by atoms with E-state index in [1.165, 1.54) is 19.2 Å². The Labute approximate surface area is 217 Å². The summed E-state index contributed by atoms with van der Waals surface area (Å²) in [7, 11) is 1.35. The van der Waals surface area contributed by atoms with E-state index < -0.39 is 76.5 Å². The average Bonchev–Trinajstić information content (AvgIpc) is 3.32. The summed E-state index contributed by atoms with van der Waals surface area (Å²) in [4.78, 5) is 27.4. The van der Waals surface area contributed by atoms with Gasteiger partial charge in [-0.25, -0.2) is 0 Å². The van der Waals surface area contributed by atoms with Crippen LogP contribution in [0, 0.1) is 23.7 Å². The number of methoxy groups -OCH3 is 1. The number of nitrogens with zero attached hydrogens (tertiary/aromatic N) is 1. The van der Waals surface area contributed by atoms with Gasteiger partial charge < -0.3 is 19.7 Å². The van der Waals surface area contributed by atoms with Crippen LogP contribution in [0.15, 0.2) is 42.5 Å². The number of aliphatic hydroxyl groups is 1. The normalized spacial score (nSPS) is 31.0. The van der Waals surface area contributed by atoms with Crippen LogP contribution in [-0.4, -0.2) is 41.5 Å². The monoisotopic (exact) mass is 559 g/mol. The maximum Gasteiger partial charge on any atom is 0.416 e. The lowest BCUT2D eigenvalue weighted by Crippen LogP contribution is -2.54. The lowest BCUT2D eigenvalue weighted by Gasteiger charge is -2.44. The van der Waals surface area contributed by atoms with E-state index in [0.29, 0.717) is 22.6 Å². The van der Waals surface area contributed by atoms with E-state index in [2.05, 4.69) is 0 Å². The molecule has 1 saturated carbocycles. The largest absolute Gasteiger partial charge is 0.508 e. The van der Waals surface area contributed by atoms with Crippen LogP contribution in [-0.2, 0) is 31.4 Å². The van der Waals surface area contributed by atoms with Crippen molar-refractivity contribution >= 4 is 17.5 Å². The molecule has 13 heteroatoms. The van der Waals surface area contributed by atoms with Gasteiger partial charge in [0.05, 0.1) is 41.4 Å². The molecule has 0 unspecified atom stereocenters. The molecule has 2 aromatic rings. The number of benzene rings is 2. The van der Waals surface area contributed by atoms with E-state index in [-0.39, 0.29) is 31.3 Å². The highest BCUT2D eigenvalue weighted by molar-refractivity contribution is 6.22. The molecule has 3 fully saturated rings. The molecule has 0 aromatic heterocycles. The Bertz CT molecular complexity index is 1260. The molecule has 2 N–H and O–H groups in total. The molecule has 0 bridgehead atoms. The summed E-state index contributed by atoms with van der Waals surface area (Å²) in [6.07, 6.45) is -11.2. The van der Waals surface area contributed by atoms with Crippen LogP contribution in [0.5, 0.6) is 5.75 Å². The van der Waals surface area contributed by atoms with E-state index >= 15 is 0 Å². The third kappa shape index (κ3) is 4.55. The van der Waals surface area contributed by atoms with E-state index in [1.54, 1.807) is 12.1 Å². The number of carbonyl (C=O) groups excluding carboxylic acids is 2. The molecule has 2 amide bonds. The molecular formula is C26H23F6NO6. The van der Waals surface area contributed by atoms with Crippen molar-refractivity contribution in [1.29, 1.82) is 0 Å². The maximum absolute atomic E-state index is 13.6. The minimum absolute atomic E-state index is 0.0169. The summed E-state index contributed by atoms with van der Waals surface area (Å²) >= 11 is 0. The Hall–Kier alpha value is -3.16. The average molecular weight is 559 g/mol. The number of halogens is 6. The topological polar surface area (TPSA) is 96.3 Å². The van der Waals surface area contributed by atoms with Crippen LogP contribution in [0.4, 0.5) is 32.0 Å². The number of amides is 2. The summed E-state index contributed by atoms with van der Waals surface area (Å²) in [6.45, 7) is -0.0816. The fourth-order valence-electron chi connectivity index (χ4n) is 6.09. The van der Waals surface area contributed by atoms with Crippen LogP contribution < -0.4 is 4.90 Å². The number of alkyl halides is 6. The quantitative estimate of drug-likeness (QED) is 0.418. The number of anilines is 1. The molecule has 3 aliphatic rings. The number of ether oxygens (including phenoxy) is 2. The summed E-state index contributed by atoms with van der Waals surface area (Å²) in [6, 6.07) is 6.51. The zero-order valence-corrected chi connectivity index (χ0v) is 20.3. The zero-order valence-electron chi connectivity index (χ0n) is 20.3. The molecule has 5 rings (SSSR count). The Morgan fingerprint density at radius 1 is 0.974 bits per heavy atom. The fourth-order valence-corrected chi connectivity index (χ4v) is 6.09. The van der Waals surface area contributed by atoms with Crippen molar-refractivity contribution in [3.05, 3.63) is 59.2 Å². The number of imide groups is 1. The number of phenolic OH excluding ortho intramolecular Hbond substituents is 1. The van der Waals surface area contributed by atoms with Crippen molar-refractivity contribution in [1.82, 2.24) is 0 Å². The van der Waals surface area contributed by atoms with Gasteiger partial charge in [-0.15, -0.1) is 0 Å². The minimum atomic E-state index is -5.17. The van der Waals surface area contributed by atoms with Gasteiger partial charge in [-0.05, 0) is 48.7 Å². The van der Waals surface area contributed by atoms with Crippen molar-refractivity contribution in [2.24, 2.45) is 23.7 Å². The summed E-state index contributed by atoms with van der Waals surface area (Å²) < 4.78 is 92.0. The molecule has 2 aliphatic heterocycles. The molecule has 2 aromatic carbocycles. The molecule has 2 heterocycles. The molecular weight excluding hydrogens is 536 g/mol. The fraction of sp³-hybridized carbons (Fsp3) is 0.462. The van der Waals surface area contributed by atoms with Crippen LogP contribution >= 0.6 is 0 Å². The SMILES string of the molecule is COC[C@H]1C[C@@H]2C(=O)N(c3cc(C(F)(F)F)cc(C(F)(F)F)c3)C(=O)[C@@H]2[C@@H]2C[C@@H](c3ccc(O)cc3)O[C@]12O. The highest BCUT2D eigenvalue weighted by Gasteiger charge is 2.67. The van der Waals surface area contributed by atoms with Gasteiger partial charge in [0.15, 0.2) is 5.79 Å². The second-order valence-electron chi connectivity index (χ2n) is 10.1. The number of rotatable bonds is 4. The Kier molecular flexibility index (Phi) is 6.47. The van der Waals surface area contributed by atoms with Crippen molar-refractivity contribution in [3.8, 4) is 5.75 Å². The number of carbonyl (C=O) groups is 2. The van der Waals surface area contributed by atoms with Crippen molar-refractivity contribution in [3.63, 3.8) is 0 Å². The molecule has 6 atom stereocenters. The molecule has 0 radical (unpaired) electrons. The van der Waals surface area contributed by atoms with Crippen molar-refractivity contribution in [2.75, 3.05) is 18.6 Å². The highest BCUT2D eigenvalue weighted by atomic mass is 19.4. The van der Waals surface area contributed by atoms with E-state index in [9.17, 15) is 46.1 Å². The zero-order chi connectivity index (χ0) is 28.5. The number of aromatic hydroxyl groups is 1. The highest BCUT2D eigenvalue weighted by Crippen LogP contribution is 2.58. The van der Waals surface area contributed by atoms with Crippen LogP contribution in [0.1, 0.15) is 35.6 Å². The molecule has 210 valence electrons. The third-order valence-corrected chi connectivity index (χ3v) is 7.83. The Balaban J connectivity index is 1.56. The van der Waals surface area contributed by atoms with Gasteiger partial charge >= 0.3 is 12.4 Å². The van der Waals surface area contributed by atoms with Crippen LogP contribution in [0.25, 0.3) is 0 Å². The lowest BCUT2D eigenvalue weighted by molar-refractivity contribution is -0.275. The Morgan fingerprint density at radius 3 is 2.10 bits per heavy atom. The van der Waals surface area contributed by atoms with Crippen molar-refractivity contribution in [2.45, 2.75) is 37.1 Å². The third-order valence-electron chi connectivity index (χ3n) is 7.83. The molecule has 0 spiro atoms. The van der Waals surface area contributed by atoms with Gasteiger partial charge in [0, 0.05) is 18.9 Å². The van der Waals surface area contributed by atoms with Gasteiger partial charge in [0.1, 0.15) is 5.75 Å². The number of hydrogen-bond acceptors (Lipinski definition) is 6. The van der Waals surface area contributed by atoms with Crippen LogP contribution in [0.2, 0.25) is 0 Å². The van der Waals surface area contributed by atoms with E-state index in [4.69, 9.17) is 9.47 Å². The molecule has 7 nitrogen and oxygen atoms in total. The molecule has 1 aliphatic carbocycles. The first-order valence-electron chi connectivity index (χ1n) is 12.0. The summed E-state index contributed by atoms with van der Waals surface area (Å²) in [5.74, 6) is -8.13. The predicted molar refractivity (Wildman–Crippen MR) is 121 cm³/mol. The van der Waals surface area contributed by atoms with Crippen LogP contribution in [0.3, 0.4) is 0 Å².